The van der Waals surface area contributed by atoms with Crippen LogP contribution in [0, 0.1) is 6.92 Å². The molecule has 0 saturated carbocycles. The fourth-order valence-corrected chi connectivity index (χ4v) is 3.97. The summed E-state index contributed by atoms with van der Waals surface area (Å²) in [6.07, 6.45) is 0. The Labute approximate surface area is 140 Å². The Morgan fingerprint density at radius 3 is 2.60 bits per heavy atom. The van der Waals surface area contributed by atoms with Gasteiger partial charge in [-0.15, -0.1) is 11.3 Å². The highest BCUT2D eigenvalue weighted by molar-refractivity contribution is 9.13. The van der Waals surface area contributed by atoms with Gasteiger partial charge in [-0.25, -0.2) is 0 Å². The van der Waals surface area contributed by atoms with Gasteiger partial charge in [0.1, 0.15) is 0 Å². The quantitative estimate of drug-likeness (QED) is 0.666. The Kier molecular flexibility index (Phi) is 5.41. The fourth-order valence-electron chi connectivity index (χ4n) is 1.97. The van der Waals surface area contributed by atoms with Crippen molar-refractivity contribution in [3.63, 3.8) is 0 Å². The van der Waals surface area contributed by atoms with Crippen LogP contribution < -0.4 is 0 Å². The van der Waals surface area contributed by atoms with Crippen LogP contribution in [0.2, 0.25) is 0 Å². The van der Waals surface area contributed by atoms with Crippen LogP contribution in [-0.4, -0.2) is 17.4 Å². The van der Waals surface area contributed by atoms with E-state index in [0.29, 0.717) is 13.1 Å². The Balaban J connectivity index is 2.17. The number of benzene rings is 1. The minimum atomic E-state index is 0.0745. The number of rotatable bonds is 4. The number of hydrogen-bond acceptors (Lipinski definition) is 2. The summed E-state index contributed by atoms with van der Waals surface area (Å²) in [4.78, 5) is 15.1. The second kappa shape index (κ2) is 6.87. The van der Waals surface area contributed by atoms with E-state index in [9.17, 15) is 4.79 Å². The third-order valence-corrected chi connectivity index (χ3v) is 6.23. The average molecular weight is 417 g/mol. The van der Waals surface area contributed by atoms with E-state index in [1.165, 1.54) is 16.9 Å². The van der Waals surface area contributed by atoms with Crippen LogP contribution in [0.25, 0.3) is 0 Å². The van der Waals surface area contributed by atoms with Crippen LogP contribution in [0.4, 0.5) is 0 Å². The number of aryl methyl sites for hydroxylation is 1. The molecular formula is C15H15Br2NOS. The normalized spacial score (nSPS) is 10.6. The molecule has 1 aromatic heterocycles. The maximum atomic E-state index is 12.5. The largest absolute Gasteiger partial charge is 0.334 e. The summed E-state index contributed by atoms with van der Waals surface area (Å²) in [5, 5.41) is 0. The number of nitrogens with zero attached hydrogens (tertiary/aromatic N) is 1. The van der Waals surface area contributed by atoms with Crippen LogP contribution in [-0.2, 0) is 6.54 Å². The van der Waals surface area contributed by atoms with Gasteiger partial charge in [0.25, 0.3) is 5.91 Å². The van der Waals surface area contributed by atoms with Crippen LogP contribution >= 0.6 is 43.2 Å². The lowest BCUT2D eigenvalue weighted by atomic mass is 10.1. The zero-order chi connectivity index (χ0) is 14.7. The fraction of sp³-hybridized carbons (Fsp3) is 0.267. The van der Waals surface area contributed by atoms with Crippen molar-refractivity contribution in [2.45, 2.75) is 20.4 Å². The van der Waals surface area contributed by atoms with Gasteiger partial charge >= 0.3 is 0 Å². The highest BCUT2D eigenvalue weighted by atomic mass is 79.9. The first-order valence-electron chi connectivity index (χ1n) is 6.31. The van der Waals surface area contributed by atoms with Crippen LogP contribution in [0.15, 0.2) is 38.6 Å². The SMILES string of the molecule is CCN(Cc1cccc(C)c1)C(=O)c1cc(Br)c(Br)s1. The summed E-state index contributed by atoms with van der Waals surface area (Å²) in [7, 11) is 0. The number of carbonyl (C=O) groups excluding carboxylic acids is 1. The molecule has 106 valence electrons. The summed E-state index contributed by atoms with van der Waals surface area (Å²) >= 11 is 8.32. The maximum absolute atomic E-state index is 12.5. The molecule has 1 heterocycles. The summed E-state index contributed by atoms with van der Waals surface area (Å²) < 4.78 is 1.88. The van der Waals surface area contributed by atoms with Crippen molar-refractivity contribution in [1.29, 1.82) is 0 Å². The molecule has 0 bridgehead atoms. The van der Waals surface area contributed by atoms with Crippen molar-refractivity contribution in [2.24, 2.45) is 0 Å². The summed E-state index contributed by atoms with van der Waals surface area (Å²) in [6.45, 7) is 5.41. The molecule has 0 spiro atoms. The highest BCUT2D eigenvalue weighted by Gasteiger charge is 2.18. The maximum Gasteiger partial charge on any atom is 0.264 e. The van der Waals surface area contributed by atoms with E-state index < -0.39 is 0 Å². The molecule has 0 radical (unpaired) electrons. The summed E-state index contributed by atoms with van der Waals surface area (Å²) in [6, 6.07) is 10.1. The highest BCUT2D eigenvalue weighted by Crippen LogP contribution is 2.33. The molecule has 0 fully saturated rings. The van der Waals surface area contributed by atoms with E-state index in [4.69, 9.17) is 0 Å². The molecule has 0 unspecified atom stereocenters. The first-order valence-corrected chi connectivity index (χ1v) is 8.71. The standard InChI is InChI=1S/C15H15Br2NOS/c1-3-18(9-11-6-4-5-10(2)7-11)15(19)13-8-12(16)14(17)20-13/h4-8H,3,9H2,1-2H3. The predicted molar refractivity (Wildman–Crippen MR) is 91.3 cm³/mol. The molecule has 0 N–H and O–H groups in total. The lowest BCUT2D eigenvalue weighted by molar-refractivity contribution is 0.0757. The van der Waals surface area contributed by atoms with Gasteiger partial charge in [-0.05, 0) is 57.3 Å². The van der Waals surface area contributed by atoms with Crippen LogP contribution in [0.1, 0.15) is 27.7 Å². The van der Waals surface area contributed by atoms with E-state index in [1.807, 2.05) is 24.0 Å². The predicted octanol–water partition coefficient (Wildman–Crippen LogP) is 5.24. The number of amides is 1. The van der Waals surface area contributed by atoms with Crippen molar-refractivity contribution in [1.82, 2.24) is 4.90 Å². The molecule has 0 aliphatic rings. The van der Waals surface area contributed by atoms with Gasteiger partial charge in [0.05, 0.1) is 8.66 Å². The topological polar surface area (TPSA) is 20.3 Å². The van der Waals surface area contributed by atoms with Gasteiger partial charge in [0.2, 0.25) is 0 Å². The molecule has 0 saturated heterocycles. The molecule has 0 aliphatic carbocycles. The van der Waals surface area contributed by atoms with Gasteiger partial charge in [-0.1, -0.05) is 29.8 Å². The van der Waals surface area contributed by atoms with E-state index in [1.54, 1.807) is 0 Å². The zero-order valence-electron chi connectivity index (χ0n) is 11.3. The van der Waals surface area contributed by atoms with Gasteiger partial charge in [-0.3, -0.25) is 4.79 Å². The average Bonchev–Trinajstić information content (AvgIpc) is 2.75. The van der Waals surface area contributed by atoms with Crippen LogP contribution in [0.5, 0.6) is 0 Å². The molecule has 2 nitrogen and oxygen atoms in total. The van der Waals surface area contributed by atoms with E-state index in [-0.39, 0.29) is 5.91 Å². The number of carbonyl (C=O) groups is 1. The lowest BCUT2D eigenvalue weighted by Gasteiger charge is -2.20. The molecule has 0 atom stereocenters. The third-order valence-electron chi connectivity index (χ3n) is 2.98. The molecular weight excluding hydrogens is 402 g/mol. The Morgan fingerprint density at radius 1 is 1.30 bits per heavy atom. The van der Waals surface area contributed by atoms with Crippen molar-refractivity contribution in [3.8, 4) is 0 Å². The van der Waals surface area contributed by atoms with Crippen molar-refractivity contribution in [3.05, 3.63) is 54.6 Å². The smallest absolute Gasteiger partial charge is 0.264 e. The second-order valence-corrected chi connectivity index (χ2v) is 7.77. The van der Waals surface area contributed by atoms with Crippen molar-refractivity contribution >= 4 is 49.1 Å². The Morgan fingerprint density at radius 2 is 2.05 bits per heavy atom. The molecule has 2 aromatic rings. The summed E-state index contributed by atoms with van der Waals surface area (Å²) in [5.74, 6) is 0.0745. The lowest BCUT2D eigenvalue weighted by Crippen LogP contribution is -2.29. The van der Waals surface area contributed by atoms with Crippen LogP contribution in [0.3, 0.4) is 0 Å². The zero-order valence-corrected chi connectivity index (χ0v) is 15.3. The molecule has 1 amide bonds. The van der Waals surface area contributed by atoms with E-state index in [2.05, 4.69) is 57.0 Å². The minimum absolute atomic E-state index is 0.0745. The van der Waals surface area contributed by atoms with Gasteiger partial charge in [0, 0.05) is 17.6 Å². The molecule has 0 aliphatic heterocycles. The second-order valence-electron chi connectivity index (χ2n) is 4.54. The molecule has 1 aromatic carbocycles. The van der Waals surface area contributed by atoms with E-state index in [0.717, 1.165) is 18.7 Å². The number of thiophene rings is 1. The van der Waals surface area contributed by atoms with E-state index >= 15 is 0 Å². The monoisotopic (exact) mass is 415 g/mol. The molecule has 2 rings (SSSR count). The summed E-state index contributed by atoms with van der Waals surface area (Å²) in [5.41, 5.74) is 2.38. The molecule has 20 heavy (non-hydrogen) atoms. The Bertz CT molecular complexity index is 605. The van der Waals surface area contributed by atoms with Crippen molar-refractivity contribution in [2.75, 3.05) is 6.54 Å². The minimum Gasteiger partial charge on any atom is -0.334 e. The first kappa shape index (κ1) is 15.7. The third kappa shape index (κ3) is 3.71. The van der Waals surface area contributed by atoms with Gasteiger partial charge in [-0.2, -0.15) is 0 Å². The van der Waals surface area contributed by atoms with Gasteiger partial charge < -0.3 is 4.90 Å². The van der Waals surface area contributed by atoms with Crippen molar-refractivity contribution < 1.29 is 4.79 Å². The molecule has 5 heteroatoms. The van der Waals surface area contributed by atoms with Gasteiger partial charge in [0.15, 0.2) is 0 Å². The number of halogens is 2. The first-order chi connectivity index (χ1) is 9.51. The number of hydrogen-bond donors (Lipinski definition) is 0. The Hall–Kier alpha value is -0.650.